The van der Waals surface area contributed by atoms with Crippen LogP contribution in [0.5, 0.6) is 0 Å². The van der Waals surface area contributed by atoms with Gasteiger partial charge < -0.3 is 5.43 Å². The lowest BCUT2D eigenvalue weighted by Crippen LogP contribution is -2.16. The van der Waals surface area contributed by atoms with E-state index in [0.29, 0.717) is 28.2 Å². The van der Waals surface area contributed by atoms with E-state index in [9.17, 15) is 4.39 Å². The van der Waals surface area contributed by atoms with Crippen LogP contribution < -0.4 is 5.43 Å². The van der Waals surface area contributed by atoms with Crippen molar-refractivity contribution in [3.63, 3.8) is 0 Å². The number of halogens is 1. The fraction of sp³-hybridized carbons (Fsp3) is 0.267. The molecule has 6 heteroatoms. The predicted octanol–water partition coefficient (Wildman–Crippen LogP) is 2.84. The summed E-state index contributed by atoms with van der Waals surface area (Å²) in [5.41, 5.74) is 4.64. The summed E-state index contributed by atoms with van der Waals surface area (Å²) in [7, 11) is 0. The maximum absolute atomic E-state index is 14.1. The molecule has 1 fully saturated rings. The highest BCUT2D eigenvalue weighted by molar-refractivity contribution is 7.98. The topological polar surface area (TPSA) is 50.2 Å². The van der Waals surface area contributed by atoms with Gasteiger partial charge >= 0.3 is 0 Å². The zero-order valence-corrected chi connectivity index (χ0v) is 12.4. The number of nitrogens with zero attached hydrogens (tertiary/aromatic N) is 3. The molecule has 2 aromatic rings. The Kier molecular flexibility index (Phi) is 4.15. The fourth-order valence-corrected chi connectivity index (χ4v) is 2.20. The van der Waals surface area contributed by atoms with Crippen LogP contribution in [-0.2, 0) is 0 Å². The second kappa shape index (κ2) is 6.22. The first kappa shape index (κ1) is 14.0. The lowest BCUT2D eigenvalue weighted by Gasteiger charge is -2.09. The molecule has 3 rings (SSSR count). The van der Waals surface area contributed by atoms with Crippen LogP contribution in [0.1, 0.15) is 24.1 Å². The Balaban J connectivity index is 2.02. The smallest absolute Gasteiger partial charge is 0.187 e. The Hall–Kier alpha value is -1.95. The predicted molar refractivity (Wildman–Crippen MR) is 82.0 cm³/mol. The number of nitrogens with one attached hydrogen (secondary N) is 1. The summed E-state index contributed by atoms with van der Waals surface area (Å²) in [6.45, 7) is 0. The Bertz CT molecular complexity index is 670. The zero-order chi connectivity index (χ0) is 14.7. The van der Waals surface area contributed by atoms with Gasteiger partial charge in [-0.1, -0.05) is 23.9 Å². The summed E-state index contributed by atoms with van der Waals surface area (Å²) in [5.74, 6) is -0.307. The van der Waals surface area contributed by atoms with Crippen molar-refractivity contribution in [2.24, 2.45) is 5.10 Å². The Labute approximate surface area is 126 Å². The first-order chi connectivity index (χ1) is 10.3. The van der Waals surface area contributed by atoms with E-state index in [1.807, 2.05) is 6.26 Å². The molecule has 4 nitrogen and oxygen atoms in total. The number of benzene rings is 1. The third kappa shape index (κ3) is 3.39. The van der Waals surface area contributed by atoms with Crippen LogP contribution >= 0.6 is 11.8 Å². The Morgan fingerprint density at radius 2 is 2.14 bits per heavy atom. The maximum atomic E-state index is 14.1. The van der Waals surface area contributed by atoms with Crippen LogP contribution in [0.3, 0.4) is 0 Å². The van der Waals surface area contributed by atoms with Gasteiger partial charge in [-0.05, 0) is 37.3 Å². The molecule has 1 aliphatic carbocycles. The van der Waals surface area contributed by atoms with Crippen molar-refractivity contribution < 1.29 is 4.39 Å². The minimum absolute atomic E-state index is 0.307. The van der Waals surface area contributed by atoms with Crippen LogP contribution in [0.4, 0.5) is 4.39 Å². The van der Waals surface area contributed by atoms with E-state index in [1.54, 1.807) is 30.5 Å². The van der Waals surface area contributed by atoms with Crippen molar-refractivity contribution in [2.45, 2.75) is 24.0 Å². The van der Waals surface area contributed by atoms with Crippen molar-refractivity contribution in [3.05, 3.63) is 53.6 Å². The minimum atomic E-state index is -0.307. The van der Waals surface area contributed by atoms with Crippen molar-refractivity contribution in [1.82, 2.24) is 15.4 Å². The van der Waals surface area contributed by atoms with E-state index in [0.717, 1.165) is 12.8 Å². The minimum Gasteiger partial charge on any atom is -0.306 e. The molecule has 0 unspecified atom stereocenters. The second-order valence-electron chi connectivity index (χ2n) is 4.77. The SMILES string of the molecule is CSc1nccc(/C(=N\NC2CC2)c2ccccc2F)n1. The fourth-order valence-electron chi connectivity index (χ4n) is 1.85. The summed E-state index contributed by atoms with van der Waals surface area (Å²) in [6, 6.07) is 8.75. The highest BCUT2D eigenvalue weighted by atomic mass is 32.2. The van der Waals surface area contributed by atoms with E-state index in [4.69, 9.17) is 0 Å². The average molecular weight is 302 g/mol. The maximum Gasteiger partial charge on any atom is 0.187 e. The van der Waals surface area contributed by atoms with Crippen molar-refractivity contribution in [1.29, 1.82) is 0 Å². The summed E-state index contributed by atoms with van der Waals surface area (Å²) in [4.78, 5) is 8.57. The van der Waals surface area contributed by atoms with Crippen LogP contribution in [0, 0.1) is 5.82 Å². The van der Waals surface area contributed by atoms with E-state index >= 15 is 0 Å². The second-order valence-corrected chi connectivity index (χ2v) is 5.55. The lowest BCUT2D eigenvalue weighted by atomic mass is 10.1. The summed E-state index contributed by atoms with van der Waals surface area (Å²) >= 11 is 1.45. The number of rotatable bonds is 5. The Morgan fingerprint density at radius 3 is 2.86 bits per heavy atom. The molecule has 0 bridgehead atoms. The lowest BCUT2D eigenvalue weighted by molar-refractivity contribution is 0.624. The Morgan fingerprint density at radius 1 is 1.33 bits per heavy atom. The van der Waals surface area contributed by atoms with Crippen LogP contribution in [0.25, 0.3) is 0 Å². The molecular formula is C15H15FN4S. The van der Waals surface area contributed by atoms with E-state index in [-0.39, 0.29) is 5.82 Å². The van der Waals surface area contributed by atoms with Gasteiger partial charge in [-0.15, -0.1) is 0 Å². The van der Waals surface area contributed by atoms with Crippen LogP contribution in [0.15, 0.2) is 46.8 Å². The van der Waals surface area contributed by atoms with Gasteiger partial charge in [-0.25, -0.2) is 14.4 Å². The molecule has 0 spiro atoms. The van der Waals surface area contributed by atoms with E-state index in [1.165, 1.54) is 17.8 Å². The summed E-state index contributed by atoms with van der Waals surface area (Å²) in [5, 5.41) is 5.03. The standard InChI is InChI=1S/C15H15FN4S/c1-21-15-17-9-8-13(18-15)14(20-19-10-6-7-10)11-4-2-3-5-12(11)16/h2-5,8-10,19H,6-7H2,1H3/b20-14-. The van der Waals surface area contributed by atoms with Gasteiger partial charge in [0.2, 0.25) is 0 Å². The molecule has 0 radical (unpaired) electrons. The monoisotopic (exact) mass is 302 g/mol. The van der Waals surface area contributed by atoms with Gasteiger partial charge in [0.05, 0.1) is 5.69 Å². The van der Waals surface area contributed by atoms with Crippen molar-refractivity contribution >= 4 is 17.5 Å². The normalized spacial score (nSPS) is 15.0. The van der Waals surface area contributed by atoms with Crippen molar-refractivity contribution in [2.75, 3.05) is 6.26 Å². The van der Waals surface area contributed by atoms with Gasteiger partial charge in [-0.3, -0.25) is 0 Å². The van der Waals surface area contributed by atoms with Gasteiger partial charge in [0.1, 0.15) is 11.5 Å². The molecule has 1 heterocycles. The highest BCUT2D eigenvalue weighted by Gasteiger charge is 2.21. The molecule has 1 saturated carbocycles. The first-order valence-electron chi connectivity index (χ1n) is 6.73. The number of hydrogen-bond acceptors (Lipinski definition) is 5. The third-order valence-corrected chi connectivity index (χ3v) is 3.69. The van der Waals surface area contributed by atoms with Gasteiger partial charge in [0.25, 0.3) is 0 Å². The van der Waals surface area contributed by atoms with E-state index < -0.39 is 0 Å². The molecule has 0 amide bonds. The number of hydrogen-bond donors (Lipinski definition) is 1. The van der Waals surface area contributed by atoms with Crippen LogP contribution in [-0.4, -0.2) is 28.0 Å². The van der Waals surface area contributed by atoms with Crippen LogP contribution in [0.2, 0.25) is 0 Å². The van der Waals surface area contributed by atoms with Gasteiger partial charge in [0, 0.05) is 17.8 Å². The molecule has 1 aromatic carbocycles. The highest BCUT2D eigenvalue weighted by Crippen LogP contribution is 2.20. The molecule has 0 saturated heterocycles. The number of thioether (sulfide) groups is 1. The summed E-state index contributed by atoms with van der Waals surface area (Å²) in [6.07, 6.45) is 5.78. The molecule has 21 heavy (non-hydrogen) atoms. The molecule has 1 aromatic heterocycles. The van der Waals surface area contributed by atoms with Gasteiger partial charge in [0.15, 0.2) is 5.16 Å². The molecule has 108 valence electrons. The average Bonchev–Trinajstić information content (AvgIpc) is 3.34. The molecular weight excluding hydrogens is 287 g/mol. The van der Waals surface area contributed by atoms with Crippen molar-refractivity contribution in [3.8, 4) is 0 Å². The summed E-state index contributed by atoms with van der Waals surface area (Å²) < 4.78 is 14.1. The molecule has 0 atom stereocenters. The quantitative estimate of drug-likeness (QED) is 0.399. The zero-order valence-electron chi connectivity index (χ0n) is 11.6. The number of hydrazone groups is 1. The third-order valence-electron chi connectivity index (χ3n) is 3.12. The molecule has 0 aliphatic heterocycles. The molecule has 1 aliphatic rings. The van der Waals surface area contributed by atoms with Gasteiger partial charge in [-0.2, -0.15) is 5.10 Å². The molecule has 1 N–H and O–H groups in total. The van der Waals surface area contributed by atoms with E-state index in [2.05, 4.69) is 20.5 Å². The largest absolute Gasteiger partial charge is 0.306 e. The first-order valence-corrected chi connectivity index (χ1v) is 7.96. The number of aromatic nitrogens is 2.